The van der Waals surface area contributed by atoms with Crippen LogP contribution in [0, 0.1) is 29.2 Å². The second kappa shape index (κ2) is 11.4. The zero-order chi connectivity index (χ0) is 33.8. The maximum atomic E-state index is 10.1. The minimum absolute atomic E-state index is 0.550. The van der Waals surface area contributed by atoms with Gasteiger partial charge in [0.25, 0.3) is 0 Å². The summed E-state index contributed by atoms with van der Waals surface area (Å²) in [6, 6.07) is 55.5. The fourth-order valence-electron chi connectivity index (χ4n) is 7.41. The van der Waals surface area contributed by atoms with E-state index in [0.717, 1.165) is 77.2 Å². The van der Waals surface area contributed by atoms with Gasteiger partial charge in [-0.1, -0.05) is 84.9 Å². The van der Waals surface area contributed by atoms with E-state index in [9.17, 15) is 10.5 Å². The Morgan fingerprint density at radius 2 is 1.04 bits per heavy atom. The van der Waals surface area contributed by atoms with Gasteiger partial charge < -0.3 is 9.13 Å². The molecule has 230 valence electrons. The second-order valence-corrected chi connectivity index (χ2v) is 12.3. The molecule has 0 saturated carbocycles. The number of rotatable bonds is 4. The minimum atomic E-state index is 0.550. The predicted octanol–water partition coefficient (Wildman–Crippen LogP) is 11.5. The Balaban J connectivity index is 1.30. The summed E-state index contributed by atoms with van der Waals surface area (Å²) in [7, 11) is 0. The van der Waals surface area contributed by atoms with Crippen molar-refractivity contribution in [3.05, 3.63) is 174 Å². The van der Waals surface area contributed by atoms with E-state index in [1.807, 2.05) is 84.9 Å². The van der Waals surface area contributed by atoms with Crippen LogP contribution in [0.3, 0.4) is 0 Å². The molecule has 0 atom stereocenters. The molecular weight excluding hydrogens is 611 g/mol. The summed E-state index contributed by atoms with van der Waals surface area (Å²) < 4.78 is 4.48. The van der Waals surface area contributed by atoms with Gasteiger partial charge in [0.15, 0.2) is 5.69 Å². The van der Waals surface area contributed by atoms with Crippen molar-refractivity contribution in [3.8, 4) is 45.8 Å². The van der Waals surface area contributed by atoms with Crippen molar-refractivity contribution in [2.75, 3.05) is 0 Å². The Hall–Kier alpha value is -7.39. The zero-order valence-electron chi connectivity index (χ0n) is 26.7. The molecular formula is C45H25N5. The van der Waals surface area contributed by atoms with Crippen molar-refractivity contribution in [1.82, 2.24) is 9.13 Å². The first kappa shape index (κ1) is 28.8. The van der Waals surface area contributed by atoms with Crippen LogP contribution in [0.4, 0.5) is 5.69 Å². The van der Waals surface area contributed by atoms with Gasteiger partial charge in [0.1, 0.15) is 0 Å². The molecule has 0 aliphatic heterocycles. The lowest BCUT2D eigenvalue weighted by atomic mass is 9.91. The van der Waals surface area contributed by atoms with E-state index in [0.29, 0.717) is 16.8 Å². The quantitative estimate of drug-likeness (QED) is 0.181. The molecule has 0 unspecified atom stereocenters. The third-order valence-corrected chi connectivity index (χ3v) is 9.59. The first-order valence-electron chi connectivity index (χ1n) is 16.3. The smallest absolute Gasteiger partial charge is 0.189 e. The molecule has 0 spiro atoms. The summed E-state index contributed by atoms with van der Waals surface area (Å²) in [5, 5.41) is 24.1. The predicted molar refractivity (Wildman–Crippen MR) is 202 cm³/mol. The maximum absolute atomic E-state index is 10.1. The minimum Gasteiger partial charge on any atom is -0.310 e. The van der Waals surface area contributed by atoms with Gasteiger partial charge in [0.05, 0.1) is 51.9 Å². The summed E-state index contributed by atoms with van der Waals surface area (Å²) in [5.74, 6) is 0. The number of nitriles is 2. The Bertz CT molecular complexity index is 2920. The lowest BCUT2D eigenvalue weighted by Gasteiger charge is -2.18. The highest BCUT2D eigenvalue weighted by molar-refractivity contribution is 6.11. The molecule has 0 fully saturated rings. The van der Waals surface area contributed by atoms with Gasteiger partial charge in [0.2, 0.25) is 0 Å². The summed E-state index contributed by atoms with van der Waals surface area (Å²) in [5.41, 5.74) is 11.5. The number of nitrogens with zero attached hydrogens (tertiary/aromatic N) is 5. The molecule has 0 aliphatic rings. The molecule has 50 heavy (non-hydrogen) atoms. The van der Waals surface area contributed by atoms with Crippen LogP contribution in [0.2, 0.25) is 0 Å². The second-order valence-electron chi connectivity index (χ2n) is 12.3. The molecule has 0 N–H and O–H groups in total. The van der Waals surface area contributed by atoms with Crippen molar-refractivity contribution >= 4 is 49.3 Å². The van der Waals surface area contributed by atoms with Gasteiger partial charge in [0, 0.05) is 38.5 Å². The van der Waals surface area contributed by atoms with Gasteiger partial charge in [-0.3, -0.25) is 0 Å². The zero-order valence-corrected chi connectivity index (χ0v) is 26.7. The van der Waals surface area contributed by atoms with Crippen molar-refractivity contribution in [2.24, 2.45) is 0 Å². The van der Waals surface area contributed by atoms with Crippen molar-refractivity contribution < 1.29 is 0 Å². The first-order chi connectivity index (χ1) is 24.7. The monoisotopic (exact) mass is 635 g/mol. The number of hydrogen-bond acceptors (Lipinski definition) is 2. The number of benzene rings is 7. The number of hydrogen-bond donors (Lipinski definition) is 0. The highest BCUT2D eigenvalue weighted by atomic mass is 15.0. The van der Waals surface area contributed by atoms with Gasteiger partial charge in [-0.25, -0.2) is 4.85 Å². The lowest BCUT2D eigenvalue weighted by Crippen LogP contribution is -1.99. The molecule has 9 rings (SSSR count). The topological polar surface area (TPSA) is 61.8 Å². The highest BCUT2D eigenvalue weighted by Crippen LogP contribution is 2.42. The molecule has 5 heteroatoms. The standard InChI is InChI=1S/C45H25N5/c1-48-32-19-21-38(45(26-32)50-42-15-6-2-11-35(42)36-12-3-7-16-43(36)50)34-20-17-29(27-46)23-39(34)31-9-8-10-33(25-31)49-41-14-5-4-13-37(41)40-24-30(28-47)18-22-44(40)49/h2-26H. The van der Waals surface area contributed by atoms with Crippen LogP contribution < -0.4 is 0 Å². The van der Waals surface area contributed by atoms with Crippen molar-refractivity contribution in [2.45, 2.75) is 0 Å². The van der Waals surface area contributed by atoms with Crippen LogP contribution in [0.1, 0.15) is 11.1 Å². The molecule has 0 amide bonds. The van der Waals surface area contributed by atoms with E-state index in [4.69, 9.17) is 6.57 Å². The normalized spacial score (nSPS) is 11.1. The van der Waals surface area contributed by atoms with E-state index in [2.05, 4.69) is 92.8 Å². The molecule has 0 radical (unpaired) electrons. The van der Waals surface area contributed by atoms with E-state index in [1.165, 1.54) is 0 Å². The highest BCUT2D eigenvalue weighted by Gasteiger charge is 2.20. The summed E-state index contributed by atoms with van der Waals surface area (Å²) in [6.07, 6.45) is 0. The molecule has 5 nitrogen and oxygen atoms in total. The third kappa shape index (κ3) is 4.38. The van der Waals surface area contributed by atoms with Crippen molar-refractivity contribution in [3.63, 3.8) is 0 Å². The largest absolute Gasteiger partial charge is 0.310 e. The number of para-hydroxylation sites is 3. The van der Waals surface area contributed by atoms with Crippen molar-refractivity contribution in [1.29, 1.82) is 10.5 Å². The van der Waals surface area contributed by atoms with Gasteiger partial charge in [-0.2, -0.15) is 10.5 Å². The van der Waals surface area contributed by atoms with E-state index in [-0.39, 0.29) is 0 Å². The Morgan fingerprint density at radius 1 is 0.460 bits per heavy atom. The number of aromatic nitrogens is 2. The van der Waals surface area contributed by atoms with Gasteiger partial charge in [-0.15, -0.1) is 0 Å². The fourth-order valence-corrected chi connectivity index (χ4v) is 7.41. The summed E-state index contributed by atoms with van der Waals surface area (Å²) in [6.45, 7) is 7.89. The van der Waals surface area contributed by atoms with E-state index in [1.54, 1.807) is 0 Å². The molecule has 2 aromatic heterocycles. The summed E-state index contributed by atoms with van der Waals surface area (Å²) >= 11 is 0. The molecule has 0 saturated heterocycles. The van der Waals surface area contributed by atoms with Gasteiger partial charge in [-0.05, 0) is 83.4 Å². The van der Waals surface area contributed by atoms with Crippen LogP contribution >= 0.6 is 0 Å². The van der Waals surface area contributed by atoms with Gasteiger partial charge >= 0.3 is 0 Å². The lowest BCUT2D eigenvalue weighted by molar-refractivity contribution is 1.18. The Morgan fingerprint density at radius 3 is 1.72 bits per heavy atom. The average Bonchev–Trinajstić information content (AvgIpc) is 3.70. The average molecular weight is 636 g/mol. The molecule has 0 bridgehead atoms. The summed E-state index contributed by atoms with van der Waals surface area (Å²) in [4.78, 5) is 3.82. The molecule has 0 aliphatic carbocycles. The first-order valence-corrected chi connectivity index (χ1v) is 16.3. The SMILES string of the molecule is [C-]#[N+]c1ccc(-c2ccc(C#N)cc2-c2cccc(-n3c4ccccc4c4cc(C#N)ccc43)c2)c(-n2c3ccccc3c3ccccc32)c1. The van der Waals surface area contributed by atoms with Crippen LogP contribution in [-0.4, -0.2) is 9.13 Å². The Kier molecular flexibility index (Phi) is 6.56. The van der Waals surface area contributed by atoms with Crippen LogP contribution in [0.15, 0.2) is 152 Å². The maximum Gasteiger partial charge on any atom is 0.189 e. The number of fused-ring (bicyclic) bond motifs is 6. The Labute approximate surface area is 288 Å². The molecule has 9 aromatic rings. The van der Waals surface area contributed by atoms with Crippen LogP contribution in [-0.2, 0) is 0 Å². The molecule has 2 heterocycles. The van der Waals surface area contributed by atoms with E-state index >= 15 is 0 Å². The third-order valence-electron chi connectivity index (χ3n) is 9.59. The van der Waals surface area contributed by atoms with Crippen LogP contribution in [0.25, 0.3) is 82.1 Å². The van der Waals surface area contributed by atoms with E-state index < -0.39 is 0 Å². The molecule has 7 aromatic carbocycles. The fraction of sp³-hybridized carbons (Fsp3) is 0. The van der Waals surface area contributed by atoms with Crippen LogP contribution in [0.5, 0.6) is 0 Å².